The second-order valence-electron chi connectivity index (χ2n) is 7.74. The van der Waals surface area contributed by atoms with Crippen LogP contribution in [0.4, 0.5) is 5.82 Å². The smallest absolute Gasteiger partial charge is 0.167 e. The van der Waals surface area contributed by atoms with Crippen molar-refractivity contribution in [3.8, 4) is 5.82 Å². The van der Waals surface area contributed by atoms with E-state index in [0.717, 1.165) is 62.2 Å². The van der Waals surface area contributed by atoms with E-state index in [1.807, 2.05) is 10.7 Å². The number of morpholine rings is 1. The lowest BCUT2D eigenvalue weighted by atomic mass is 10.0. The zero-order valence-electron chi connectivity index (χ0n) is 16.7. The van der Waals surface area contributed by atoms with Crippen LogP contribution in [0.15, 0.2) is 18.3 Å². The van der Waals surface area contributed by atoms with Gasteiger partial charge in [0.25, 0.3) is 0 Å². The Bertz CT molecular complexity index is 980. The van der Waals surface area contributed by atoms with E-state index in [9.17, 15) is 0 Å². The molecule has 28 heavy (non-hydrogen) atoms. The second-order valence-corrected chi connectivity index (χ2v) is 7.74. The van der Waals surface area contributed by atoms with Crippen molar-refractivity contribution >= 4 is 16.9 Å². The summed E-state index contributed by atoms with van der Waals surface area (Å²) in [6, 6.07) is 4.85. The number of hydrogen-bond acceptors (Lipinski definition) is 6. The molecule has 0 bridgehead atoms. The monoisotopic (exact) mass is 381 g/mol. The molecule has 5 rings (SSSR count). The third kappa shape index (κ3) is 2.70. The number of H-pyrrole nitrogens is 1. The van der Waals surface area contributed by atoms with Crippen LogP contribution >= 0.6 is 0 Å². The van der Waals surface area contributed by atoms with E-state index >= 15 is 0 Å². The molecule has 0 radical (unpaired) electrons. The van der Waals surface area contributed by atoms with Crippen molar-refractivity contribution in [3.05, 3.63) is 29.6 Å². The zero-order chi connectivity index (χ0) is 19.3. The molecular weight excluding hydrogens is 354 g/mol. The maximum atomic E-state index is 5.64. The number of nitrogens with zero attached hydrogens (tertiary/aromatic N) is 6. The quantitative estimate of drug-likeness (QED) is 0.750. The zero-order valence-corrected chi connectivity index (χ0v) is 16.7. The van der Waals surface area contributed by atoms with Crippen LogP contribution in [0, 0.1) is 0 Å². The molecule has 1 saturated heterocycles. The highest BCUT2D eigenvalue weighted by molar-refractivity contribution is 5.86. The number of pyridine rings is 1. The van der Waals surface area contributed by atoms with Crippen molar-refractivity contribution in [3.63, 3.8) is 0 Å². The highest BCUT2D eigenvalue weighted by Gasteiger charge is 2.29. The second kappa shape index (κ2) is 6.86. The van der Waals surface area contributed by atoms with E-state index in [0.29, 0.717) is 12.1 Å². The van der Waals surface area contributed by atoms with E-state index < -0.39 is 0 Å². The Morgan fingerprint density at radius 1 is 1.29 bits per heavy atom. The highest BCUT2D eigenvalue weighted by Crippen LogP contribution is 2.36. The fourth-order valence-electron chi connectivity index (χ4n) is 4.53. The number of likely N-dealkylation sites (N-methyl/N-ethyl adjacent to an activating group) is 1. The minimum Gasteiger partial charge on any atom is -0.377 e. The lowest BCUT2D eigenvalue weighted by molar-refractivity contribution is 0.0985. The SMILES string of the molecule is CCN1CCc2nn(-c3ccn[nH]3)c3nc(N4CCOC[C@H]4C)cc(c23)C1C. The van der Waals surface area contributed by atoms with Crippen molar-refractivity contribution in [2.75, 3.05) is 37.7 Å². The van der Waals surface area contributed by atoms with Crippen LogP contribution in [0.5, 0.6) is 0 Å². The Kier molecular flexibility index (Phi) is 4.32. The molecule has 1 unspecified atom stereocenters. The molecule has 2 aliphatic rings. The fourth-order valence-corrected chi connectivity index (χ4v) is 4.53. The number of aromatic nitrogens is 5. The molecule has 148 valence electrons. The van der Waals surface area contributed by atoms with Crippen LogP contribution in [-0.4, -0.2) is 68.8 Å². The highest BCUT2D eigenvalue weighted by atomic mass is 16.5. The van der Waals surface area contributed by atoms with E-state index in [2.05, 4.69) is 46.8 Å². The molecule has 1 fully saturated rings. The maximum Gasteiger partial charge on any atom is 0.167 e. The van der Waals surface area contributed by atoms with Crippen LogP contribution in [0.25, 0.3) is 16.9 Å². The maximum absolute atomic E-state index is 5.64. The van der Waals surface area contributed by atoms with Gasteiger partial charge in [-0.3, -0.25) is 10.00 Å². The van der Waals surface area contributed by atoms with Crippen LogP contribution in [0.1, 0.15) is 38.1 Å². The van der Waals surface area contributed by atoms with Crippen LogP contribution in [-0.2, 0) is 11.2 Å². The third-order valence-corrected chi connectivity index (χ3v) is 6.14. The van der Waals surface area contributed by atoms with Gasteiger partial charge < -0.3 is 9.64 Å². The summed E-state index contributed by atoms with van der Waals surface area (Å²) >= 11 is 0. The van der Waals surface area contributed by atoms with Gasteiger partial charge in [-0.05, 0) is 32.0 Å². The van der Waals surface area contributed by atoms with E-state index in [4.69, 9.17) is 14.8 Å². The first-order valence-corrected chi connectivity index (χ1v) is 10.2. The minimum absolute atomic E-state index is 0.303. The lowest BCUT2D eigenvalue weighted by Gasteiger charge is -2.35. The van der Waals surface area contributed by atoms with Gasteiger partial charge in [-0.25, -0.2) is 4.98 Å². The summed E-state index contributed by atoms with van der Waals surface area (Å²) in [5.41, 5.74) is 3.35. The number of rotatable bonds is 3. The summed E-state index contributed by atoms with van der Waals surface area (Å²) in [5.74, 6) is 1.86. The Labute approximate surface area is 164 Å². The molecule has 0 saturated carbocycles. The minimum atomic E-state index is 0.303. The molecule has 0 amide bonds. The van der Waals surface area contributed by atoms with E-state index in [-0.39, 0.29) is 0 Å². The Hall–Kier alpha value is -2.45. The fraction of sp³-hybridized carbons (Fsp3) is 0.550. The largest absolute Gasteiger partial charge is 0.377 e. The van der Waals surface area contributed by atoms with Crippen molar-refractivity contribution in [1.29, 1.82) is 0 Å². The molecule has 8 heteroatoms. The van der Waals surface area contributed by atoms with Gasteiger partial charge in [0, 0.05) is 37.0 Å². The molecule has 1 N–H and O–H groups in total. The van der Waals surface area contributed by atoms with Crippen LogP contribution < -0.4 is 4.90 Å². The molecule has 3 aromatic heterocycles. The van der Waals surface area contributed by atoms with Gasteiger partial charge in [0.1, 0.15) is 5.82 Å². The third-order valence-electron chi connectivity index (χ3n) is 6.14. The van der Waals surface area contributed by atoms with Gasteiger partial charge in [-0.1, -0.05) is 6.92 Å². The molecule has 2 aliphatic heterocycles. The molecular formula is C20H27N7O. The lowest BCUT2D eigenvalue weighted by Crippen LogP contribution is -2.44. The summed E-state index contributed by atoms with van der Waals surface area (Å²) in [7, 11) is 0. The number of hydrogen-bond donors (Lipinski definition) is 1. The summed E-state index contributed by atoms with van der Waals surface area (Å²) in [4.78, 5) is 9.98. The first-order chi connectivity index (χ1) is 13.7. The molecule has 3 aromatic rings. The van der Waals surface area contributed by atoms with Crippen LogP contribution in [0.2, 0.25) is 0 Å². The van der Waals surface area contributed by atoms with Crippen LogP contribution in [0.3, 0.4) is 0 Å². The van der Waals surface area contributed by atoms with E-state index in [1.54, 1.807) is 6.20 Å². The first-order valence-electron chi connectivity index (χ1n) is 10.2. The van der Waals surface area contributed by atoms with Gasteiger partial charge in [-0.2, -0.15) is 14.9 Å². The molecule has 5 heterocycles. The molecule has 0 aliphatic carbocycles. The van der Waals surface area contributed by atoms with Gasteiger partial charge in [0.05, 0.1) is 31.1 Å². The summed E-state index contributed by atoms with van der Waals surface area (Å²) < 4.78 is 7.56. The molecule has 0 spiro atoms. The Balaban J connectivity index is 1.75. The molecule has 0 aromatic carbocycles. The van der Waals surface area contributed by atoms with Gasteiger partial charge >= 0.3 is 0 Å². The van der Waals surface area contributed by atoms with Gasteiger partial charge in [0.2, 0.25) is 0 Å². The molecule has 8 nitrogen and oxygen atoms in total. The predicted molar refractivity (Wildman–Crippen MR) is 108 cm³/mol. The van der Waals surface area contributed by atoms with Crippen molar-refractivity contribution in [2.24, 2.45) is 0 Å². The van der Waals surface area contributed by atoms with Crippen molar-refractivity contribution in [2.45, 2.75) is 39.3 Å². The van der Waals surface area contributed by atoms with Crippen molar-refractivity contribution in [1.82, 2.24) is 29.9 Å². The average Bonchev–Trinajstić information content (AvgIpc) is 3.33. The summed E-state index contributed by atoms with van der Waals surface area (Å²) in [6.45, 7) is 11.1. The Morgan fingerprint density at radius 2 is 2.18 bits per heavy atom. The standard InChI is InChI=1S/C20H27N7O/c1-4-25-8-6-16-19-15(14(25)3)11-18(26-9-10-28-12-13(26)2)22-20(19)27(24-16)17-5-7-21-23-17/h5,7,11,13-14H,4,6,8-10,12H2,1-3H3,(H,21,23)/t13-,14?/m1/s1. The molecule has 2 atom stereocenters. The van der Waals surface area contributed by atoms with Gasteiger partial charge in [0.15, 0.2) is 11.5 Å². The predicted octanol–water partition coefficient (Wildman–Crippen LogP) is 2.31. The summed E-state index contributed by atoms with van der Waals surface area (Å²) in [5, 5.41) is 13.3. The number of nitrogens with one attached hydrogen (secondary N) is 1. The number of ether oxygens (including phenoxy) is 1. The topological polar surface area (TPSA) is 75.1 Å². The summed E-state index contributed by atoms with van der Waals surface area (Å²) in [6.07, 6.45) is 2.68. The van der Waals surface area contributed by atoms with E-state index in [1.165, 1.54) is 10.9 Å². The Morgan fingerprint density at radius 3 is 2.93 bits per heavy atom. The van der Waals surface area contributed by atoms with Crippen molar-refractivity contribution < 1.29 is 4.74 Å². The number of anilines is 1. The number of aromatic amines is 1. The first kappa shape index (κ1) is 17.6. The van der Waals surface area contributed by atoms with Gasteiger partial charge in [-0.15, -0.1) is 0 Å². The normalized spacial score (nSPS) is 23.3. The average molecular weight is 381 g/mol.